The molecule has 3 heteroatoms. The molecule has 1 heterocycles. The molecule has 0 aliphatic rings. The predicted molar refractivity (Wildman–Crippen MR) is 83.3 cm³/mol. The molecule has 0 amide bonds. The molecule has 0 radical (unpaired) electrons. The van der Waals surface area contributed by atoms with E-state index in [1.54, 1.807) is 18.6 Å². The lowest BCUT2D eigenvalue weighted by Crippen LogP contribution is -2.26. The number of anilines is 2. The Balaban J connectivity index is 2.10. The van der Waals surface area contributed by atoms with Crippen LogP contribution in [0.1, 0.15) is 13.8 Å². The molecule has 0 saturated carbocycles. The van der Waals surface area contributed by atoms with E-state index in [-0.39, 0.29) is 0 Å². The number of hydrogen-bond donors (Lipinski definition) is 0. The molecular formula is C17H17N3. The minimum absolute atomic E-state index is 0.313. The van der Waals surface area contributed by atoms with Crippen molar-refractivity contribution >= 4 is 22.3 Å². The van der Waals surface area contributed by atoms with Gasteiger partial charge in [-0.05, 0) is 36.8 Å². The van der Waals surface area contributed by atoms with Crippen LogP contribution in [0, 0.1) is 0 Å². The Morgan fingerprint density at radius 3 is 2.45 bits per heavy atom. The zero-order chi connectivity index (χ0) is 13.9. The van der Waals surface area contributed by atoms with Gasteiger partial charge < -0.3 is 4.90 Å². The van der Waals surface area contributed by atoms with Crippen LogP contribution in [0.4, 0.5) is 11.5 Å². The van der Waals surface area contributed by atoms with Gasteiger partial charge in [0.25, 0.3) is 0 Å². The molecule has 0 atom stereocenters. The zero-order valence-electron chi connectivity index (χ0n) is 11.7. The molecule has 0 aliphatic heterocycles. The summed E-state index contributed by atoms with van der Waals surface area (Å²) in [6.07, 6.45) is 5.23. The SMILES string of the molecule is CC(C)N(c1ccc2ccccc2c1)c1cnccn1. The third kappa shape index (κ3) is 2.35. The molecule has 0 fully saturated rings. The van der Waals surface area contributed by atoms with Crippen molar-refractivity contribution in [2.45, 2.75) is 19.9 Å². The molecule has 0 saturated heterocycles. The van der Waals surface area contributed by atoms with Crippen LogP contribution < -0.4 is 4.90 Å². The van der Waals surface area contributed by atoms with Gasteiger partial charge in [0.2, 0.25) is 0 Å². The van der Waals surface area contributed by atoms with E-state index in [4.69, 9.17) is 0 Å². The molecule has 1 aromatic heterocycles. The second kappa shape index (κ2) is 5.29. The van der Waals surface area contributed by atoms with Crippen molar-refractivity contribution in [1.29, 1.82) is 0 Å². The van der Waals surface area contributed by atoms with Crippen LogP contribution in [0.15, 0.2) is 61.1 Å². The van der Waals surface area contributed by atoms with Gasteiger partial charge in [-0.3, -0.25) is 4.98 Å². The summed E-state index contributed by atoms with van der Waals surface area (Å²) in [5.41, 5.74) is 1.14. The quantitative estimate of drug-likeness (QED) is 0.710. The first-order chi connectivity index (χ1) is 9.75. The van der Waals surface area contributed by atoms with E-state index in [0.717, 1.165) is 11.5 Å². The van der Waals surface area contributed by atoms with Crippen molar-refractivity contribution in [3.05, 3.63) is 61.1 Å². The maximum atomic E-state index is 4.42. The van der Waals surface area contributed by atoms with Crippen LogP contribution >= 0.6 is 0 Å². The molecule has 3 nitrogen and oxygen atoms in total. The van der Waals surface area contributed by atoms with Crippen molar-refractivity contribution in [2.24, 2.45) is 0 Å². The van der Waals surface area contributed by atoms with Gasteiger partial charge in [-0.2, -0.15) is 0 Å². The summed E-state index contributed by atoms with van der Waals surface area (Å²) < 4.78 is 0. The second-order valence-corrected chi connectivity index (χ2v) is 5.06. The normalized spacial score (nSPS) is 10.9. The maximum absolute atomic E-state index is 4.42. The first-order valence-electron chi connectivity index (χ1n) is 6.80. The Kier molecular flexibility index (Phi) is 3.33. The van der Waals surface area contributed by atoms with Gasteiger partial charge in [-0.1, -0.05) is 30.3 Å². The highest BCUT2D eigenvalue weighted by Gasteiger charge is 2.14. The third-order valence-corrected chi connectivity index (χ3v) is 3.32. The second-order valence-electron chi connectivity index (χ2n) is 5.06. The molecule has 3 aromatic rings. The first-order valence-corrected chi connectivity index (χ1v) is 6.80. The summed E-state index contributed by atoms with van der Waals surface area (Å²) in [4.78, 5) is 10.8. The molecule has 0 unspecified atom stereocenters. The summed E-state index contributed by atoms with van der Waals surface area (Å²) in [5.74, 6) is 0.873. The largest absolute Gasteiger partial charge is 0.323 e. The Morgan fingerprint density at radius 2 is 1.75 bits per heavy atom. The summed E-state index contributed by atoms with van der Waals surface area (Å²) in [6.45, 7) is 4.31. The Labute approximate surface area is 118 Å². The summed E-state index contributed by atoms with van der Waals surface area (Å²) in [6, 6.07) is 15.2. The Hall–Kier alpha value is -2.42. The standard InChI is InChI=1S/C17H17N3/c1-13(2)20(17-12-18-9-10-19-17)16-8-7-14-5-3-4-6-15(14)11-16/h3-13H,1-2H3. The number of fused-ring (bicyclic) bond motifs is 1. The highest BCUT2D eigenvalue weighted by molar-refractivity contribution is 5.86. The van der Waals surface area contributed by atoms with Crippen molar-refractivity contribution < 1.29 is 0 Å². The average molecular weight is 263 g/mol. The number of benzene rings is 2. The van der Waals surface area contributed by atoms with Crippen LogP contribution in [0.25, 0.3) is 10.8 Å². The van der Waals surface area contributed by atoms with Crippen molar-refractivity contribution in [1.82, 2.24) is 9.97 Å². The zero-order valence-corrected chi connectivity index (χ0v) is 11.7. The molecule has 0 N–H and O–H groups in total. The maximum Gasteiger partial charge on any atom is 0.151 e. The van der Waals surface area contributed by atoms with Gasteiger partial charge in [0.15, 0.2) is 5.82 Å². The van der Waals surface area contributed by atoms with Crippen LogP contribution in [-0.2, 0) is 0 Å². The molecule has 0 spiro atoms. The molecule has 20 heavy (non-hydrogen) atoms. The fourth-order valence-corrected chi connectivity index (χ4v) is 2.44. The topological polar surface area (TPSA) is 29.0 Å². The van der Waals surface area contributed by atoms with E-state index >= 15 is 0 Å². The third-order valence-electron chi connectivity index (χ3n) is 3.32. The van der Waals surface area contributed by atoms with Crippen molar-refractivity contribution in [3.63, 3.8) is 0 Å². The van der Waals surface area contributed by atoms with E-state index in [1.165, 1.54) is 10.8 Å². The van der Waals surface area contributed by atoms with Gasteiger partial charge in [0.1, 0.15) is 0 Å². The van der Waals surface area contributed by atoms with Gasteiger partial charge in [-0.25, -0.2) is 4.98 Å². The smallest absolute Gasteiger partial charge is 0.151 e. The molecular weight excluding hydrogens is 246 g/mol. The van der Waals surface area contributed by atoms with Gasteiger partial charge in [-0.15, -0.1) is 0 Å². The molecule has 0 aliphatic carbocycles. The van der Waals surface area contributed by atoms with Crippen LogP contribution in [0.3, 0.4) is 0 Å². The van der Waals surface area contributed by atoms with Crippen molar-refractivity contribution in [2.75, 3.05) is 4.90 Å². The molecule has 2 aromatic carbocycles. The fourth-order valence-electron chi connectivity index (χ4n) is 2.44. The fraction of sp³-hybridized carbons (Fsp3) is 0.176. The lowest BCUT2D eigenvalue weighted by atomic mass is 10.1. The number of rotatable bonds is 3. The molecule has 0 bridgehead atoms. The van der Waals surface area contributed by atoms with Crippen LogP contribution in [-0.4, -0.2) is 16.0 Å². The highest BCUT2D eigenvalue weighted by Crippen LogP contribution is 2.28. The lowest BCUT2D eigenvalue weighted by Gasteiger charge is -2.27. The number of nitrogens with zero attached hydrogens (tertiary/aromatic N) is 3. The summed E-state index contributed by atoms with van der Waals surface area (Å²) in [7, 11) is 0. The van der Waals surface area contributed by atoms with Gasteiger partial charge in [0.05, 0.1) is 6.20 Å². The predicted octanol–water partition coefficient (Wildman–Crippen LogP) is 4.18. The summed E-state index contributed by atoms with van der Waals surface area (Å²) in [5, 5.41) is 2.48. The van der Waals surface area contributed by atoms with E-state index in [2.05, 4.69) is 71.2 Å². The van der Waals surface area contributed by atoms with Gasteiger partial charge >= 0.3 is 0 Å². The van der Waals surface area contributed by atoms with Gasteiger partial charge in [0, 0.05) is 24.1 Å². The lowest BCUT2D eigenvalue weighted by molar-refractivity contribution is 0.775. The van der Waals surface area contributed by atoms with E-state index < -0.39 is 0 Å². The minimum Gasteiger partial charge on any atom is -0.323 e. The summed E-state index contributed by atoms with van der Waals surface area (Å²) >= 11 is 0. The Bertz CT molecular complexity index is 708. The van der Waals surface area contributed by atoms with Crippen molar-refractivity contribution in [3.8, 4) is 0 Å². The first kappa shape index (κ1) is 12.6. The Morgan fingerprint density at radius 1 is 0.950 bits per heavy atom. The van der Waals surface area contributed by atoms with Crippen LogP contribution in [0.2, 0.25) is 0 Å². The number of hydrogen-bond acceptors (Lipinski definition) is 3. The van der Waals surface area contributed by atoms with Crippen LogP contribution in [0.5, 0.6) is 0 Å². The molecule has 100 valence electrons. The monoisotopic (exact) mass is 263 g/mol. The van der Waals surface area contributed by atoms with E-state index in [9.17, 15) is 0 Å². The molecule has 3 rings (SSSR count). The highest BCUT2D eigenvalue weighted by atomic mass is 15.2. The number of aromatic nitrogens is 2. The minimum atomic E-state index is 0.313. The van der Waals surface area contributed by atoms with E-state index in [1.807, 2.05) is 0 Å². The van der Waals surface area contributed by atoms with E-state index in [0.29, 0.717) is 6.04 Å². The average Bonchev–Trinajstić information content (AvgIpc) is 2.48.